The van der Waals surface area contributed by atoms with Crippen molar-refractivity contribution < 1.29 is 19.3 Å². The number of carbonyl (C=O) groups is 3. The topological polar surface area (TPSA) is 130 Å². The van der Waals surface area contributed by atoms with Crippen LogP contribution in [0.5, 0.6) is 0 Å². The van der Waals surface area contributed by atoms with Crippen LogP contribution in [0, 0.1) is 10.1 Å². The second-order valence-electron chi connectivity index (χ2n) is 9.98. The molecule has 45 heavy (non-hydrogen) atoms. The molecule has 0 heterocycles. The number of hydrogen-bond donors (Lipinski definition) is 3. The van der Waals surface area contributed by atoms with Crippen molar-refractivity contribution in [1.29, 1.82) is 0 Å². The number of thioether (sulfide) groups is 1. The SMILES string of the molecule is CC(Sc1cccc(NC(=O)/C(=C\c2cccc3ccccc23)NC(=O)c2ccccc2)c1)C(=O)Nc1ccc([N+](=O)[O-])cc1. The number of hydrogen-bond acceptors (Lipinski definition) is 6. The molecule has 0 aliphatic rings. The molecule has 1 atom stereocenters. The van der Waals surface area contributed by atoms with E-state index in [1.165, 1.54) is 36.0 Å². The molecule has 10 heteroatoms. The molecule has 1 unspecified atom stereocenters. The summed E-state index contributed by atoms with van der Waals surface area (Å²) in [5.74, 6) is -1.22. The summed E-state index contributed by atoms with van der Waals surface area (Å²) in [6, 6.07) is 34.8. The minimum atomic E-state index is -0.516. The number of fused-ring (bicyclic) bond motifs is 1. The van der Waals surface area contributed by atoms with Gasteiger partial charge in [0.1, 0.15) is 5.70 Å². The number of nitrogens with zero attached hydrogens (tertiary/aromatic N) is 1. The van der Waals surface area contributed by atoms with E-state index in [0.29, 0.717) is 16.9 Å². The first-order valence-electron chi connectivity index (χ1n) is 14.0. The lowest BCUT2D eigenvalue weighted by Crippen LogP contribution is -2.30. The smallest absolute Gasteiger partial charge is 0.272 e. The zero-order chi connectivity index (χ0) is 31.8. The Morgan fingerprint density at radius 2 is 1.47 bits per heavy atom. The van der Waals surface area contributed by atoms with Crippen molar-refractivity contribution >= 4 is 63.4 Å². The molecule has 0 radical (unpaired) electrons. The Labute approximate surface area is 263 Å². The van der Waals surface area contributed by atoms with Crippen LogP contribution in [0.15, 0.2) is 132 Å². The molecule has 9 nitrogen and oxygen atoms in total. The van der Waals surface area contributed by atoms with E-state index in [2.05, 4.69) is 16.0 Å². The van der Waals surface area contributed by atoms with Crippen LogP contribution in [0.3, 0.4) is 0 Å². The van der Waals surface area contributed by atoms with Crippen LogP contribution in [0.1, 0.15) is 22.8 Å². The molecule has 5 rings (SSSR count). The van der Waals surface area contributed by atoms with Gasteiger partial charge >= 0.3 is 0 Å². The average molecular weight is 617 g/mol. The van der Waals surface area contributed by atoms with Gasteiger partial charge in [0.15, 0.2) is 0 Å². The number of anilines is 2. The van der Waals surface area contributed by atoms with E-state index in [1.807, 2.05) is 54.6 Å². The zero-order valence-electron chi connectivity index (χ0n) is 24.1. The molecule has 5 aromatic rings. The number of non-ortho nitro benzene ring substituents is 1. The fourth-order valence-electron chi connectivity index (χ4n) is 4.49. The highest BCUT2D eigenvalue weighted by Crippen LogP contribution is 2.28. The minimum absolute atomic E-state index is 0.0640. The van der Waals surface area contributed by atoms with Gasteiger partial charge < -0.3 is 16.0 Å². The van der Waals surface area contributed by atoms with Crippen molar-refractivity contribution in [3.05, 3.63) is 148 Å². The van der Waals surface area contributed by atoms with E-state index < -0.39 is 22.0 Å². The Hall–Kier alpha value is -5.74. The Kier molecular flexibility index (Phi) is 9.66. The van der Waals surface area contributed by atoms with Crippen molar-refractivity contribution in [1.82, 2.24) is 5.32 Å². The Bertz CT molecular complexity index is 1900. The first kappa shape index (κ1) is 30.7. The lowest BCUT2D eigenvalue weighted by Gasteiger charge is -2.14. The van der Waals surface area contributed by atoms with E-state index in [1.54, 1.807) is 55.5 Å². The van der Waals surface area contributed by atoms with Crippen LogP contribution in [0.2, 0.25) is 0 Å². The molecule has 0 aliphatic heterocycles. The van der Waals surface area contributed by atoms with Crippen molar-refractivity contribution in [3.8, 4) is 0 Å². The van der Waals surface area contributed by atoms with Crippen LogP contribution in [-0.4, -0.2) is 27.9 Å². The second kappa shape index (κ2) is 14.2. The second-order valence-corrected chi connectivity index (χ2v) is 11.4. The average Bonchev–Trinajstić information content (AvgIpc) is 3.05. The number of nitro groups is 1. The molecule has 0 fully saturated rings. The van der Waals surface area contributed by atoms with Crippen LogP contribution in [-0.2, 0) is 9.59 Å². The molecular formula is C35H28N4O5S. The highest BCUT2D eigenvalue weighted by molar-refractivity contribution is 8.00. The van der Waals surface area contributed by atoms with Gasteiger partial charge in [0, 0.05) is 34.0 Å². The molecule has 224 valence electrons. The fraction of sp³-hybridized carbons (Fsp3) is 0.0571. The summed E-state index contributed by atoms with van der Waals surface area (Å²) >= 11 is 1.28. The van der Waals surface area contributed by atoms with Crippen LogP contribution >= 0.6 is 11.8 Å². The number of nitrogens with one attached hydrogen (secondary N) is 3. The predicted molar refractivity (Wildman–Crippen MR) is 178 cm³/mol. The van der Waals surface area contributed by atoms with Gasteiger partial charge in [-0.1, -0.05) is 66.7 Å². The van der Waals surface area contributed by atoms with Crippen LogP contribution in [0.4, 0.5) is 17.1 Å². The number of benzene rings is 5. The van der Waals surface area contributed by atoms with E-state index >= 15 is 0 Å². The lowest BCUT2D eigenvalue weighted by atomic mass is 10.0. The molecule has 0 saturated heterocycles. The van der Waals surface area contributed by atoms with Gasteiger partial charge in [-0.25, -0.2) is 0 Å². The summed E-state index contributed by atoms with van der Waals surface area (Å²) in [6.45, 7) is 1.74. The Morgan fingerprint density at radius 1 is 0.778 bits per heavy atom. The first-order valence-corrected chi connectivity index (χ1v) is 14.8. The molecule has 0 spiro atoms. The Morgan fingerprint density at radius 3 is 2.22 bits per heavy atom. The van der Waals surface area contributed by atoms with E-state index in [4.69, 9.17) is 0 Å². The van der Waals surface area contributed by atoms with Gasteiger partial charge in [0.2, 0.25) is 5.91 Å². The summed E-state index contributed by atoms with van der Waals surface area (Å²) in [7, 11) is 0. The van der Waals surface area contributed by atoms with Crippen molar-refractivity contribution in [2.45, 2.75) is 17.1 Å². The summed E-state index contributed by atoms with van der Waals surface area (Å²) in [5, 5.41) is 20.7. The largest absolute Gasteiger partial charge is 0.325 e. The third-order valence-corrected chi connectivity index (χ3v) is 7.87. The summed E-state index contributed by atoms with van der Waals surface area (Å²) in [6.07, 6.45) is 1.65. The molecule has 0 bridgehead atoms. The number of rotatable bonds is 10. The monoisotopic (exact) mass is 616 g/mol. The molecule has 0 aromatic heterocycles. The van der Waals surface area contributed by atoms with Gasteiger partial charge in [-0.15, -0.1) is 11.8 Å². The predicted octanol–water partition coefficient (Wildman–Crippen LogP) is 7.28. The maximum Gasteiger partial charge on any atom is 0.272 e. The Balaban J connectivity index is 1.33. The number of nitro benzene ring substituents is 1. The standard InChI is InChI=1S/C35H28N4O5S/c1-23(33(40)36-27-17-19-29(20-18-27)39(43)44)45-30-15-8-14-28(22-30)37-35(42)32(38-34(41)25-10-3-2-4-11-25)21-26-13-7-12-24-9-5-6-16-31(24)26/h2-23H,1H3,(H,36,40)(H,37,42)(H,38,41)/b32-21+. The number of carbonyl (C=O) groups excluding carboxylic acids is 3. The maximum absolute atomic E-state index is 13.6. The van der Waals surface area contributed by atoms with Gasteiger partial charge in [0.25, 0.3) is 17.5 Å². The van der Waals surface area contributed by atoms with E-state index in [0.717, 1.165) is 21.2 Å². The van der Waals surface area contributed by atoms with Crippen LogP contribution < -0.4 is 16.0 Å². The molecule has 5 aromatic carbocycles. The highest BCUT2D eigenvalue weighted by Gasteiger charge is 2.18. The van der Waals surface area contributed by atoms with Gasteiger partial charge in [0.05, 0.1) is 10.2 Å². The molecular weight excluding hydrogens is 588 g/mol. The van der Waals surface area contributed by atoms with Crippen molar-refractivity contribution in [2.75, 3.05) is 10.6 Å². The zero-order valence-corrected chi connectivity index (χ0v) is 24.9. The summed E-state index contributed by atoms with van der Waals surface area (Å²) < 4.78 is 0. The molecule has 0 aliphatic carbocycles. The summed E-state index contributed by atoms with van der Waals surface area (Å²) in [4.78, 5) is 50.6. The van der Waals surface area contributed by atoms with Crippen molar-refractivity contribution in [2.24, 2.45) is 0 Å². The van der Waals surface area contributed by atoms with Gasteiger partial charge in [-0.05, 0) is 71.8 Å². The maximum atomic E-state index is 13.6. The van der Waals surface area contributed by atoms with E-state index in [9.17, 15) is 24.5 Å². The lowest BCUT2D eigenvalue weighted by molar-refractivity contribution is -0.384. The van der Waals surface area contributed by atoms with Gasteiger partial charge in [-0.2, -0.15) is 0 Å². The van der Waals surface area contributed by atoms with E-state index in [-0.39, 0.29) is 17.3 Å². The summed E-state index contributed by atoms with van der Waals surface area (Å²) in [5.41, 5.74) is 2.10. The van der Waals surface area contributed by atoms with Crippen LogP contribution in [0.25, 0.3) is 16.8 Å². The molecule has 3 N–H and O–H groups in total. The fourth-order valence-corrected chi connectivity index (χ4v) is 5.41. The minimum Gasteiger partial charge on any atom is -0.325 e. The highest BCUT2D eigenvalue weighted by atomic mass is 32.2. The third-order valence-electron chi connectivity index (χ3n) is 6.77. The van der Waals surface area contributed by atoms with Crippen molar-refractivity contribution in [3.63, 3.8) is 0 Å². The number of amides is 3. The first-order chi connectivity index (χ1) is 21.8. The molecule has 3 amide bonds. The third kappa shape index (κ3) is 8.01. The molecule has 0 saturated carbocycles. The normalized spacial score (nSPS) is 11.8. The van der Waals surface area contributed by atoms with Gasteiger partial charge in [-0.3, -0.25) is 24.5 Å². The quantitative estimate of drug-likeness (QED) is 0.0654.